The number of nitrogens with zero attached hydrogens (tertiary/aromatic N) is 1. The molecule has 3 rings (SSSR count). The van der Waals surface area contributed by atoms with Gasteiger partial charge in [0, 0.05) is 31.5 Å². The average Bonchev–Trinajstić information content (AvgIpc) is 2.61. The smallest absolute Gasteiger partial charge is 0.141 e. The van der Waals surface area contributed by atoms with Crippen LogP contribution in [0.4, 0.5) is 0 Å². The van der Waals surface area contributed by atoms with E-state index in [1.54, 1.807) is 0 Å². The van der Waals surface area contributed by atoms with E-state index in [0.717, 1.165) is 38.9 Å². The summed E-state index contributed by atoms with van der Waals surface area (Å²) in [6, 6.07) is 10.6. The third kappa shape index (κ3) is 2.27. The lowest BCUT2D eigenvalue weighted by Gasteiger charge is -2.30. The van der Waals surface area contributed by atoms with Crippen LogP contribution in [0.5, 0.6) is 0 Å². The molecule has 2 fully saturated rings. The predicted molar refractivity (Wildman–Crippen MR) is 67.8 cm³/mol. The van der Waals surface area contributed by atoms with E-state index in [0.29, 0.717) is 17.6 Å². The van der Waals surface area contributed by atoms with E-state index in [-0.39, 0.29) is 0 Å². The van der Waals surface area contributed by atoms with Gasteiger partial charge in [0.05, 0.1) is 0 Å². The molecule has 0 aromatic heterocycles. The molecule has 2 unspecified atom stereocenters. The molecule has 2 bridgehead atoms. The number of hydrogen-bond donors (Lipinski definition) is 0. The molecule has 1 heterocycles. The van der Waals surface area contributed by atoms with Crippen LogP contribution in [0, 0.1) is 11.8 Å². The third-order valence-electron chi connectivity index (χ3n) is 4.19. The molecule has 0 amide bonds. The van der Waals surface area contributed by atoms with Crippen molar-refractivity contribution in [3.63, 3.8) is 0 Å². The van der Waals surface area contributed by atoms with Gasteiger partial charge < -0.3 is 4.90 Å². The Kier molecular flexibility index (Phi) is 2.98. The lowest BCUT2D eigenvalue weighted by atomic mass is 9.97. The zero-order valence-electron chi connectivity index (χ0n) is 10.1. The van der Waals surface area contributed by atoms with Crippen LogP contribution >= 0.6 is 0 Å². The van der Waals surface area contributed by atoms with Crippen LogP contribution in [0.25, 0.3) is 0 Å². The summed E-state index contributed by atoms with van der Waals surface area (Å²) in [7, 11) is 0. The Morgan fingerprint density at radius 2 is 1.71 bits per heavy atom. The number of benzene rings is 1. The Bertz CT molecular complexity index is 385. The summed E-state index contributed by atoms with van der Waals surface area (Å²) in [6.07, 6.45) is 3.37. The number of likely N-dealkylation sites (tertiary alicyclic amines) is 1. The number of rotatable bonds is 3. The Labute approximate surface area is 103 Å². The van der Waals surface area contributed by atoms with Crippen molar-refractivity contribution in [2.75, 3.05) is 19.6 Å². The maximum Gasteiger partial charge on any atom is 0.141 e. The number of ketones is 1. The molecule has 2 aliphatic rings. The maximum absolute atomic E-state index is 11.8. The third-order valence-corrected chi connectivity index (χ3v) is 4.19. The summed E-state index contributed by atoms with van der Waals surface area (Å²) in [6.45, 7) is 3.11. The zero-order valence-corrected chi connectivity index (χ0v) is 10.1. The molecular weight excluding hydrogens is 210 g/mol. The molecular formula is C15H19NO. The van der Waals surface area contributed by atoms with Crippen LogP contribution in [-0.4, -0.2) is 30.3 Å². The Hall–Kier alpha value is -1.15. The zero-order chi connectivity index (χ0) is 11.7. The van der Waals surface area contributed by atoms with Gasteiger partial charge in [0.25, 0.3) is 0 Å². The lowest BCUT2D eigenvalue weighted by molar-refractivity contribution is -0.127. The van der Waals surface area contributed by atoms with Crippen molar-refractivity contribution in [1.29, 1.82) is 0 Å². The molecule has 2 atom stereocenters. The van der Waals surface area contributed by atoms with E-state index in [2.05, 4.69) is 35.2 Å². The van der Waals surface area contributed by atoms with Crippen LogP contribution in [0.1, 0.15) is 18.4 Å². The minimum atomic E-state index is 0.351. The summed E-state index contributed by atoms with van der Waals surface area (Å²) in [5, 5.41) is 0. The first-order valence-corrected chi connectivity index (χ1v) is 6.63. The largest absolute Gasteiger partial charge is 0.302 e. The van der Waals surface area contributed by atoms with Crippen LogP contribution in [0.2, 0.25) is 0 Å². The molecule has 1 aromatic rings. The first-order valence-electron chi connectivity index (χ1n) is 6.63. The van der Waals surface area contributed by atoms with Crippen molar-refractivity contribution in [1.82, 2.24) is 4.90 Å². The van der Waals surface area contributed by atoms with Crippen LogP contribution in [0.3, 0.4) is 0 Å². The van der Waals surface area contributed by atoms with E-state index in [1.807, 2.05) is 0 Å². The molecule has 0 N–H and O–H groups in total. The molecule has 1 aliphatic carbocycles. The highest BCUT2D eigenvalue weighted by molar-refractivity contribution is 5.86. The van der Waals surface area contributed by atoms with E-state index >= 15 is 0 Å². The van der Waals surface area contributed by atoms with Gasteiger partial charge >= 0.3 is 0 Å². The normalized spacial score (nSPS) is 28.6. The highest BCUT2D eigenvalue weighted by Crippen LogP contribution is 2.33. The molecule has 1 saturated carbocycles. The van der Waals surface area contributed by atoms with Crippen molar-refractivity contribution in [3.05, 3.63) is 35.9 Å². The summed E-state index contributed by atoms with van der Waals surface area (Å²) in [5.41, 5.74) is 1.40. The monoisotopic (exact) mass is 229 g/mol. The first kappa shape index (κ1) is 11.0. The van der Waals surface area contributed by atoms with Crippen molar-refractivity contribution in [2.24, 2.45) is 11.8 Å². The average molecular weight is 229 g/mol. The standard InChI is InChI=1S/C15H19NO/c17-15-13-6-7-14(15)11-16(10-13)9-8-12-4-2-1-3-5-12/h1-5,13-14H,6-11H2. The summed E-state index contributed by atoms with van der Waals surface area (Å²) >= 11 is 0. The van der Waals surface area contributed by atoms with Gasteiger partial charge in [-0.3, -0.25) is 4.79 Å². The van der Waals surface area contributed by atoms with Gasteiger partial charge in [-0.2, -0.15) is 0 Å². The van der Waals surface area contributed by atoms with Gasteiger partial charge in [0.15, 0.2) is 0 Å². The number of carbonyl (C=O) groups excluding carboxylic acids is 1. The summed E-state index contributed by atoms with van der Waals surface area (Å²) in [5.74, 6) is 1.25. The summed E-state index contributed by atoms with van der Waals surface area (Å²) in [4.78, 5) is 14.3. The SMILES string of the molecule is O=C1C2CCC1CN(CCc1ccccc1)C2. The summed E-state index contributed by atoms with van der Waals surface area (Å²) < 4.78 is 0. The van der Waals surface area contributed by atoms with Crippen molar-refractivity contribution >= 4 is 5.78 Å². The second-order valence-electron chi connectivity index (χ2n) is 5.37. The Morgan fingerprint density at radius 3 is 2.35 bits per heavy atom. The van der Waals surface area contributed by atoms with Crippen molar-refractivity contribution in [2.45, 2.75) is 19.3 Å². The van der Waals surface area contributed by atoms with Gasteiger partial charge in [-0.25, -0.2) is 0 Å². The lowest BCUT2D eigenvalue weighted by Crippen LogP contribution is -2.42. The number of fused-ring (bicyclic) bond motifs is 2. The van der Waals surface area contributed by atoms with Gasteiger partial charge in [-0.15, -0.1) is 0 Å². The van der Waals surface area contributed by atoms with E-state index < -0.39 is 0 Å². The molecule has 0 radical (unpaired) electrons. The Balaban J connectivity index is 1.56. The minimum Gasteiger partial charge on any atom is -0.302 e. The molecule has 90 valence electrons. The number of carbonyl (C=O) groups is 1. The number of hydrogen-bond acceptors (Lipinski definition) is 2. The van der Waals surface area contributed by atoms with E-state index in [9.17, 15) is 4.79 Å². The molecule has 0 spiro atoms. The second-order valence-corrected chi connectivity index (χ2v) is 5.37. The van der Waals surface area contributed by atoms with Crippen molar-refractivity contribution in [3.8, 4) is 0 Å². The highest BCUT2D eigenvalue weighted by Gasteiger charge is 2.40. The fourth-order valence-corrected chi connectivity index (χ4v) is 3.20. The molecule has 1 aliphatic heterocycles. The fourth-order valence-electron chi connectivity index (χ4n) is 3.20. The second kappa shape index (κ2) is 4.61. The van der Waals surface area contributed by atoms with Crippen LogP contribution in [-0.2, 0) is 11.2 Å². The van der Waals surface area contributed by atoms with Gasteiger partial charge in [0.1, 0.15) is 5.78 Å². The van der Waals surface area contributed by atoms with Gasteiger partial charge in [-0.05, 0) is 24.8 Å². The quantitative estimate of drug-likeness (QED) is 0.791. The van der Waals surface area contributed by atoms with E-state index in [1.165, 1.54) is 5.56 Å². The number of Topliss-reactive ketones (excluding diaryl/α,β-unsaturated/α-hetero) is 1. The highest BCUT2D eigenvalue weighted by atomic mass is 16.1. The molecule has 2 nitrogen and oxygen atoms in total. The molecule has 1 aromatic carbocycles. The van der Waals surface area contributed by atoms with Gasteiger partial charge in [-0.1, -0.05) is 30.3 Å². The molecule has 1 saturated heterocycles. The van der Waals surface area contributed by atoms with E-state index in [4.69, 9.17) is 0 Å². The van der Waals surface area contributed by atoms with Crippen LogP contribution < -0.4 is 0 Å². The Morgan fingerprint density at radius 1 is 1.06 bits per heavy atom. The minimum absolute atomic E-state index is 0.351. The predicted octanol–water partition coefficient (Wildman–Crippen LogP) is 2.14. The molecule has 17 heavy (non-hydrogen) atoms. The number of piperidine rings is 1. The molecule has 2 heteroatoms. The van der Waals surface area contributed by atoms with Gasteiger partial charge in [0.2, 0.25) is 0 Å². The first-order chi connectivity index (χ1) is 8.33. The van der Waals surface area contributed by atoms with Crippen LogP contribution in [0.15, 0.2) is 30.3 Å². The van der Waals surface area contributed by atoms with Crippen molar-refractivity contribution < 1.29 is 4.79 Å². The fraction of sp³-hybridized carbons (Fsp3) is 0.533. The maximum atomic E-state index is 11.8. The topological polar surface area (TPSA) is 20.3 Å².